The number of hydrogen-bond donors (Lipinski definition) is 1. The lowest BCUT2D eigenvalue weighted by Crippen LogP contribution is -2.08. The van der Waals surface area contributed by atoms with Crippen LogP contribution >= 0.6 is 0 Å². The highest BCUT2D eigenvalue weighted by Gasteiger charge is 2.23. The average Bonchev–Trinajstić information content (AvgIpc) is 2.89. The standard InChI is InChI=1S/C16H13FN4/c17-11-3-1-10-2-4-13(12(10)9-11)20-15-6-5-14-16(21-15)19-8-7-18-14/h1,3,5-9,13H,2,4H2,(H,19,20,21). The Morgan fingerprint density at radius 1 is 1.10 bits per heavy atom. The minimum Gasteiger partial charge on any atom is -0.363 e. The molecule has 0 saturated heterocycles. The van der Waals surface area contributed by atoms with Crippen molar-refractivity contribution in [2.75, 3.05) is 5.32 Å². The van der Waals surface area contributed by atoms with Gasteiger partial charge in [0.05, 0.1) is 6.04 Å². The molecule has 0 amide bonds. The van der Waals surface area contributed by atoms with Crippen molar-refractivity contribution in [3.8, 4) is 0 Å². The van der Waals surface area contributed by atoms with Crippen LogP contribution in [0.25, 0.3) is 11.2 Å². The maximum atomic E-state index is 13.4. The van der Waals surface area contributed by atoms with E-state index in [-0.39, 0.29) is 11.9 Å². The van der Waals surface area contributed by atoms with Crippen LogP contribution in [0.1, 0.15) is 23.6 Å². The van der Waals surface area contributed by atoms with Crippen LogP contribution in [0.2, 0.25) is 0 Å². The molecule has 104 valence electrons. The Balaban J connectivity index is 1.66. The Morgan fingerprint density at radius 2 is 2.00 bits per heavy atom. The van der Waals surface area contributed by atoms with Gasteiger partial charge < -0.3 is 5.32 Å². The molecule has 1 aliphatic carbocycles. The summed E-state index contributed by atoms with van der Waals surface area (Å²) in [5, 5.41) is 3.37. The molecule has 1 unspecified atom stereocenters. The molecule has 1 N–H and O–H groups in total. The maximum Gasteiger partial charge on any atom is 0.180 e. The van der Waals surface area contributed by atoms with Crippen molar-refractivity contribution in [1.29, 1.82) is 0 Å². The second kappa shape index (κ2) is 4.77. The highest BCUT2D eigenvalue weighted by Crippen LogP contribution is 2.34. The molecule has 1 atom stereocenters. The highest BCUT2D eigenvalue weighted by atomic mass is 19.1. The zero-order valence-electron chi connectivity index (χ0n) is 11.3. The number of hydrogen-bond acceptors (Lipinski definition) is 4. The second-order valence-electron chi connectivity index (χ2n) is 5.17. The number of rotatable bonds is 2. The lowest BCUT2D eigenvalue weighted by Gasteiger charge is -2.15. The molecule has 21 heavy (non-hydrogen) atoms. The average molecular weight is 280 g/mol. The minimum absolute atomic E-state index is 0.0947. The van der Waals surface area contributed by atoms with Crippen molar-refractivity contribution >= 4 is 17.0 Å². The van der Waals surface area contributed by atoms with E-state index in [2.05, 4.69) is 20.3 Å². The van der Waals surface area contributed by atoms with E-state index in [1.807, 2.05) is 18.2 Å². The van der Waals surface area contributed by atoms with E-state index < -0.39 is 0 Å². The van der Waals surface area contributed by atoms with Crippen molar-refractivity contribution in [2.24, 2.45) is 0 Å². The van der Waals surface area contributed by atoms with Gasteiger partial charge in [0.2, 0.25) is 0 Å². The fraction of sp³-hybridized carbons (Fsp3) is 0.188. The fourth-order valence-electron chi connectivity index (χ4n) is 2.84. The first-order chi connectivity index (χ1) is 10.3. The van der Waals surface area contributed by atoms with Gasteiger partial charge in [0.15, 0.2) is 5.65 Å². The summed E-state index contributed by atoms with van der Waals surface area (Å²) in [5.41, 5.74) is 3.60. The van der Waals surface area contributed by atoms with Crippen molar-refractivity contribution in [1.82, 2.24) is 15.0 Å². The molecule has 0 fully saturated rings. The largest absolute Gasteiger partial charge is 0.363 e. The van der Waals surface area contributed by atoms with Gasteiger partial charge in [-0.3, -0.25) is 4.98 Å². The lowest BCUT2D eigenvalue weighted by molar-refractivity contribution is 0.624. The van der Waals surface area contributed by atoms with E-state index in [1.54, 1.807) is 18.5 Å². The van der Waals surface area contributed by atoms with E-state index in [9.17, 15) is 4.39 Å². The minimum atomic E-state index is -0.195. The maximum absolute atomic E-state index is 13.4. The summed E-state index contributed by atoms with van der Waals surface area (Å²) in [5.74, 6) is 0.546. The topological polar surface area (TPSA) is 50.7 Å². The first-order valence-corrected chi connectivity index (χ1v) is 6.92. The molecule has 5 heteroatoms. The SMILES string of the molecule is Fc1ccc2c(c1)C(Nc1ccc3nccnc3n1)CC2. The van der Waals surface area contributed by atoms with Gasteiger partial charge in [-0.2, -0.15) is 0 Å². The first kappa shape index (κ1) is 12.2. The van der Waals surface area contributed by atoms with E-state index in [0.717, 1.165) is 29.7 Å². The molecule has 0 spiro atoms. The van der Waals surface area contributed by atoms with Crippen LogP contribution in [-0.4, -0.2) is 15.0 Å². The number of nitrogens with one attached hydrogen (secondary N) is 1. The van der Waals surface area contributed by atoms with Gasteiger partial charge in [-0.05, 0) is 48.2 Å². The molecule has 4 nitrogen and oxygen atoms in total. The Kier molecular flexibility index (Phi) is 2.77. The number of pyridine rings is 1. The number of aryl methyl sites for hydroxylation is 1. The van der Waals surface area contributed by atoms with Crippen LogP contribution in [0.15, 0.2) is 42.7 Å². The summed E-state index contributed by atoms with van der Waals surface area (Å²) in [6, 6.07) is 8.86. The van der Waals surface area contributed by atoms with Gasteiger partial charge in [-0.15, -0.1) is 0 Å². The van der Waals surface area contributed by atoms with Crippen molar-refractivity contribution in [3.05, 3.63) is 59.7 Å². The number of fused-ring (bicyclic) bond motifs is 2. The predicted molar refractivity (Wildman–Crippen MR) is 78.4 cm³/mol. The quantitative estimate of drug-likeness (QED) is 0.782. The Morgan fingerprint density at radius 3 is 2.95 bits per heavy atom. The Bertz CT molecular complexity index is 818. The van der Waals surface area contributed by atoms with Gasteiger partial charge >= 0.3 is 0 Å². The van der Waals surface area contributed by atoms with Crippen LogP contribution in [0.4, 0.5) is 10.2 Å². The molecule has 0 aliphatic heterocycles. The normalized spacial score (nSPS) is 16.9. The molecular formula is C16H13FN4. The third-order valence-corrected chi connectivity index (χ3v) is 3.84. The second-order valence-corrected chi connectivity index (χ2v) is 5.17. The third-order valence-electron chi connectivity index (χ3n) is 3.84. The predicted octanol–water partition coefficient (Wildman–Crippen LogP) is 3.26. The summed E-state index contributed by atoms with van der Waals surface area (Å²) in [4.78, 5) is 12.9. The van der Waals surface area contributed by atoms with Gasteiger partial charge in [0, 0.05) is 12.4 Å². The lowest BCUT2D eigenvalue weighted by atomic mass is 10.1. The zero-order chi connectivity index (χ0) is 14.2. The molecule has 2 heterocycles. The number of halogens is 1. The van der Waals surface area contributed by atoms with Crippen LogP contribution < -0.4 is 5.32 Å². The molecule has 0 radical (unpaired) electrons. The molecular weight excluding hydrogens is 267 g/mol. The van der Waals surface area contributed by atoms with Crippen molar-refractivity contribution < 1.29 is 4.39 Å². The van der Waals surface area contributed by atoms with Crippen LogP contribution in [-0.2, 0) is 6.42 Å². The number of aromatic nitrogens is 3. The molecule has 0 saturated carbocycles. The third kappa shape index (κ3) is 2.20. The number of benzene rings is 1. The summed E-state index contributed by atoms with van der Waals surface area (Å²) in [7, 11) is 0. The van der Waals surface area contributed by atoms with E-state index in [1.165, 1.54) is 11.6 Å². The molecule has 1 aliphatic rings. The van der Waals surface area contributed by atoms with Crippen LogP contribution in [0.5, 0.6) is 0 Å². The number of anilines is 1. The fourth-order valence-corrected chi connectivity index (χ4v) is 2.84. The molecule has 4 rings (SSSR count). The van der Waals surface area contributed by atoms with E-state index >= 15 is 0 Å². The Labute approximate surface area is 121 Å². The Hall–Kier alpha value is -2.56. The first-order valence-electron chi connectivity index (χ1n) is 6.92. The molecule has 0 bridgehead atoms. The van der Waals surface area contributed by atoms with E-state index in [0.29, 0.717) is 5.65 Å². The highest BCUT2D eigenvalue weighted by molar-refractivity contribution is 5.71. The van der Waals surface area contributed by atoms with Gasteiger partial charge in [0.1, 0.15) is 17.2 Å². The monoisotopic (exact) mass is 280 g/mol. The van der Waals surface area contributed by atoms with Gasteiger partial charge in [-0.25, -0.2) is 14.4 Å². The summed E-state index contributed by atoms with van der Waals surface area (Å²) >= 11 is 0. The van der Waals surface area contributed by atoms with Gasteiger partial charge in [0.25, 0.3) is 0 Å². The molecule has 1 aromatic carbocycles. The summed E-state index contributed by atoms with van der Waals surface area (Å²) in [6.07, 6.45) is 5.17. The molecule has 3 aromatic rings. The number of nitrogens with zero attached hydrogens (tertiary/aromatic N) is 3. The smallest absolute Gasteiger partial charge is 0.180 e. The zero-order valence-corrected chi connectivity index (χ0v) is 11.3. The van der Waals surface area contributed by atoms with E-state index in [4.69, 9.17) is 0 Å². The van der Waals surface area contributed by atoms with Crippen LogP contribution in [0, 0.1) is 5.82 Å². The van der Waals surface area contributed by atoms with Crippen LogP contribution in [0.3, 0.4) is 0 Å². The molecule has 2 aromatic heterocycles. The summed E-state index contributed by atoms with van der Waals surface area (Å²) < 4.78 is 13.4. The summed E-state index contributed by atoms with van der Waals surface area (Å²) in [6.45, 7) is 0. The van der Waals surface area contributed by atoms with Gasteiger partial charge in [-0.1, -0.05) is 6.07 Å². The van der Waals surface area contributed by atoms with Crippen molar-refractivity contribution in [2.45, 2.75) is 18.9 Å². The van der Waals surface area contributed by atoms with Crippen molar-refractivity contribution in [3.63, 3.8) is 0 Å².